The van der Waals surface area contributed by atoms with Gasteiger partial charge in [0, 0.05) is 22.9 Å². The molecule has 2 rings (SSSR count). The molecule has 0 radical (unpaired) electrons. The van der Waals surface area contributed by atoms with Gasteiger partial charge in [0.1, 0.15) is 5.76 Å². The van der Waals surface area contributed by atoms with Crippen LogP contribution in [0, 0.1) is 13.8 Å². The number of hydrogen-bond acceptors (Lipinski definition) is 4. The van der Waals surface area contributed by atoms with E-state index in [1.54, 1.807) is 12.3 Å². The van der Waals surface area contributed by atoms with E-state index in [-0.39, 0.29) is 0 Å². The summed E-state index contributed by atoms with van der Waals surface area (Å²) >= 11 is 0. The monoisotopic (exact) mass is 215 g/mol. The van der Waals surface area contributed by atoms with Gasteiger partial charge in [-0.25, -0.2) is 0 Å². The lowest BCUT2D eigenvalue weighted by Crippen LogP contribution is -1.83. The molecular weight excluding hydrogens is 206 g/mol. The lowest BCUT2D eigenvalue weighted by molar-refractivity contribution is 0.393. The van der Waals surface area contributed by atoms with E-state index in [1.807, 2.05) is 13.8 Å². The maximum absolute atomic E-state index is 8.47. The first-order valence-corrected chi connectivity index (χ1v) is 4.66. The van der Waals surface area contributed by atoms with E-state index in [1.165, 1.54) is 6.20 Å². The molecule has 0 bridgehead atoms. The van der Waals surface area contributed by atoms with Crippen LogP contribution >= 0.6 is 0 Å². The van der Waals surface area contributed by atoms with Gasteiger partial charge in [0.15, 0.2) is 0 Å². The molecule has 0 saturated heterocycles. The van der Waals surface area contributed by atoms with Crippen molar-refractivity contribution in [1.82, 2.24) is 10.1 Å². The first-order valence-electron chi connectivity index (χ1n) is 4.66. The molecule has 0 spiro atoms. The van der Waals surface area contributed by atoms with Crippen LogP contribution in [0.2, 0.25) is 0 Å². The second-order valence-electron chi connectivity index (χ2n) is 3.28. The summed E-state index contributed by atoms with van der Waals surface area (Å²) in [5, 5.41) is 7.46. The van der Waals surface area contributed by atoms with Crippen LogP contribution in [0.4, 0.5) is 5.69 Å². The van der Waals surface area contributed by atoms with Gasteiger partial charge in [-0.05, 0) is 31.0 Å². The molecule has 0 unspecified atom stereocenters. The van der Waals surface area contributed by atoms with E-state index in [4.69, 9.17) is 10.1 Å². The predicted molar refractivity (Wildman–Crippen MR) is 58.0 cm³/mol. The Bertz CT molecular complexity index is 549. The fourth-order valence-electron chi connectivity index (χ4n) is 1.59. The molecule has 80 valence electrons. The van der Waals surface area contributed by atoms with Crippen LogP contribution in [0.5, 0.6) is 0 Å². The average Bonchev–Trinajstić information content (AvgIpc) is 2.60. The number of aryl methyl sites for hydroxylation is 2. The number of azide groups is 1. The van der Waals surface area contributed by atoms with Crippen molar-refractivity contribution in [1.29, 1.82) is 0 Å². The van der Waals surface area contributed by atoms with Gasteiger partial charge in [-0.2, -0.15) is 0 Å². The molecule has 16 heavy (non-hydrogen) atoms. The van der Waals surface area contributed by atoms with Crippen LogP contribution in [-0.4, -0.2) is 10.1 Å². The van der Waals surface area contributed by atoms with Gasteiger partial charge in [-0.15, -0.1) is 0 Å². The molecule has 2 heterocycles. The zero-order valence-corrected chi connectivity index (χ0v) is 8.88. The zero-order valence-electron chi connectivity index (χ0n) is 8.88. The summed E-state index contributed by atoms with van der Waals surface area (Å²) < 4.78 is 5.08. The van der Waals surface area contributed by atoms with Crippen LogP contribution in [0.1, 0.15) is 11.5 Å². The van der Waals surface area contributed by atoms with Crippen LogP contribution in [0.15, 0.2) is 28.1 Å². The Kier molecular flexibility index (Phi) is 2.57. The van der Waals surface area contributed by atoms with Gasteiger partial charge in [-0.3, -0.25) is 4.98 Å². The number of nitrogens with zero attached hydrogens (tertiary/aromatic N) is 5. The summed E-state index contributed by atoms with van der Waals surface area (Å²) in [5.41, 5.74) is 11.3. The normalized spacial score (nSPS) is 9.88. The first kappa shape index (κ1) is 10.2. The van der Waals surface area contributed by atoms with E-state index >= 15 is 0 Å². The molecule has 0 aliphatic carbocycles. The standard InChI is InChI=1S/C10H9N5O/c1-6-10(7(2)16-14-6)8-3-4-12-5-9(8)13-15-11/h3-5H,1-2H3. The SMILES string of the molecule is Cc1noc(C)c1-c1ccncc1N=[N+]=[N-]. The molecule has 0 atom stereocenters. The average molecular weight is 215 g/mol. The molecule has 6 nitrogen and oxygen atoms in total. The van der Waals surface area contributed by atoms with E-state index in [0.29, 0.717) is 11.4 Å². The third-order valence-corrected chi connectivity index (χ3v) is 2.26. The predicted octanol–water partition coefficient (Wildman–Crippen LogP) is 3.30. The molecular formula is C10H9N5O. The van der Waals surface area contributed by atoms with Gasteiger partial charge in [0.25, 0.3) is 0 Å². The largest absolute Gasteiger partial charge is 0.361 e. The highest BCUT2D eigenvalue weighted by Gasteiger charge is 2.14. The number of rotatable bonds is 2. The Balaban J connectivity index is 2.69. The van der Waals surface area contributed by atoms with E-state index in [2.05, 4.69) is 20.2 Å². The van der Waals surface area contributed by atoms with Crippen molar-refractivity contribution in [2.75, 3.05) is 0 Å². The Morgan fingerprint density at radius 3 is 2.88 bits per heavy atom. The number of aromatic nitrogens is 2. The van der Waals surface area contributed by atoms with Crippen molar-refractivity contribution in [3.05, 3.63) is 40.4 Å². The summed E-state index contributed by atoms with van der Waals surface area (Å²) in [4.78, 5) is 6.69. The highest BCUT2D eigenvalue weighted by Crippen LogP contribution is 2.33. The summed E-state index contributed by atoms with van der Waals surface area (Å²) in [6.07, 6.45) is 3.15. The van der Waals surface area contributed by atoms with Gasteiger partial charge in [-0.1, -0.05) is 10.3 Å². The van der Waals surface area contributed by atoms with Gasteiger partial charge >= 0.3 is 0 Å². The van der Waals surface area contributed by atoms with E-state index in [0.717, 1.165) is 16.8 Å². The Labute approximate surface area is 91.5 Å². The maximum Gasteiger partial charge on any atom is 0.141 e. The first-order chi connectivity index (χ1) is 7.74. The van der Waals surface area contributed by atoms with Crippen molar-refractivity contribution in [2.45, 2.75) is 13.8 Å². The molecule has 0 amide bonds. The minimum absolute atomic E-state index is 0.472. The lowest BCUT2D eigenvalue weighted by atomic mass is 10.0. The smallest absolute Gasteiger partial charge is 0.141 e. The van der Waals surface area contributed by atoms with Crippen LogP contribution in [0.25, 0.3) is 21.6 Å². The van der Waals surface area contributed by atoms with Crippen molar-refractivity contribution < 1.29 is 4.52 Å². The molecule has 0 N–H and O–H groups in total. The van der Waals surface area contributed by atoms with Crippen molar-refractivity contribution in [3.63, 3.8) is 0 Å². The van der Waals surface area contributed by atoms with Crippen LogP contribution in [0.3, 0.4) is 0 Å². The summed E-state index contributed by atoms with van der Waals surface area (Å²) in [6, 6.07) is 1.77. The van der Waals surface area contributed by atoms with Crippen LogP contribution < -0.4 is 0 Å². The number of hydrogen-bond donors (Lipinski definition) is 0. The quantitative estimate of drug-likeness (QED) is 0.437. The lowest BCUT2D eigenvalue weighted by Gasteiger charge is -2.02. The molecule has 2 aromatic heterocycles. The molecule has 6 heteroatoms. The molecule has 0 aliphatic rings. The third-order valence-electron chi connectivity index (χ3n) is 2.26. The third kappa shape index (κ3) is 1.62. The minimum Gasteiger partial charge on any atom is -0.361 e. The van der Waals surface area contributed by atoms with Crippen molar-refractivity contribution >= 4 is 5.69 Å². The maximum atomic E-state index is 8.47. The van der Waals surface area contributed by atoms with Crippen LogP contribution in [-0.2, 0) is 0 Å². The fraction of sp³-hybridized carbons (Fsp3) is 0.200. The summed E-state index contributed by atoms with van der Waals surface area (Å²) in [5.74, 6) is 0.693. The zero-order chi connectivity index (χ0) is 11.5. The van der Waals surface area contributed by atoms with Crippen molar-refractivity contribution in [2.24, 2.45) is 5.11 Å². The topological polar surface area (TPSA) is 87.7 Å². The molecule has 0 saturated carbocycles. The highest BCUT2D eigenvalue weighted by molar-refractivity contribution is 5.77. The minimum atomic E-state index is 0.472. The molecule has 0 aromatic carbocycles. The Hall–Kier alpha value is -2.33. The Morgan fingerprint density at radius 2 is 2.25 bits per heavy atom. The fourth-order valence-corrected chi connectivity index (χ4v) is 1.59. The van der Waals surface area contributed by atoms with Gasteiger partial charge in [0.05, 0.1) is 11.4 Å². The summed E-state index contributed by atoms with van der Waals surface area (Å²) in [6.45, 7) is 3.65. The molecule has 2 aromatic rings. The Morgan fingerprint density at radius 1 is 1.44 bits per heavy atom. The van der Waals surface area contributed by atoms with Crippen molar-refractivity contribution in [3.8, 4) is 11.1 Å². The molecule has 0 aliphatic heterocycles. The second kappa shape index (κ2) is 4.04. The number of pyridine rings is 1. The van der Waals surface area contributed by atoms with Gasteiger partial charge < -0.3 is 4.52 Å². The van der Waals surface area contributed by atoms with E-state index < -0.39 is 0 Å². The summed E-state index contributed by atoms with van der Waals surface area (Å²) in [7, 11) is 0. The van der Waals surface area contributed by atoms with Gasteiger partial charge in [0.2, 0.25) is 0 Å². The second-order valence-corrected chi connectivity index (χ2v) is 3.28. The molecule has 0 fully saturated rings. The highest BCUT2D eigenvalue weighted by atomic mass is 16.5. The van der Waals surface area contributed by atoms with E-state index in [9.17, 15) is 0 Å².